The summed E-state index contributed by atoms with van der Waals surface area (Å²) in [6, 6.07) is 0. The molecule has 16 atom stereocenters. The van der Waals surface area contributed by atoms with Gasteiger partial charge in [-0.25, -0.2) is 4.79 Å². The fourth-order valence-corrected chi connectivity index (χ4v) is 9.66. The van der Waals surface area contributed by atoms with Crippen molar-refractivity contribution in [2.45, 2.75) is 166 Å². The third kappa shape index (κ3) is 8.91. The van der Waals surface area contributed by atoms with Crippen molar-refractivity contribution in [3.63, 3.8) is 0 Å². The summed E-state index contributed by atoms with van der Waals surface area (Å²) < 4.78 is 50.7. The third-order valence-electron chi connectivity index (χ3n) is 13.1. The van der Waals surface area contributed by atoms with Gasteiger partial charge in [-0.3, -0.25) is 4.79 Å². The van der Waals surface area contributed by atoms with Crippen LogP contribution in [-0.2, 0) is 47.5 Å². The molecule has 5 heterocycles. The van der Waals surface area contributed by atoms with E-state index in [1.54, 1.807) is 26.2 Å². The molecular weight excluding hydrogens is 724 g/mol. The number of hydrogen-bond acceptors (Lipinski definition) is 12. The highest BCUT2D eigenvalue weighted by Gasteiger charge is 2.60. The minimum Gasteiger partial charge on any atom is -0.480 e. The van der Waals surface area contributed by atoms with Gasteiger partial charge in [0.1, 0.15) is 42.5 Å². The molecule has 314 valence electrons. The number of ether oxygens (including phenoxy) is 8. The largest absolute Gasteiger partial charge is 0.480 e. The number of esters is 1. The van der Waals surface area contributed by atoms with Crippen molar-refractivity contribution in [1.82, 2.24) is 0 Å². The Morgan fingerprint density at radius 3 is 2.59 bits per heavy atom. The van der Waals surface area contributed by atoms with Crippen LogP contribution in [0.3, 0.4) is 0 Å². The van der Waals surface area contributed by atoms with Crippen LogP contribution in [0.25, 0.3) is 0 Å². The first kappa shape index (κ1) is 43.1. The van der Waals surface area contributed by atoms with E-state index in [-0.39, 0.29) is 24.7 Å². The summed E-state index contributed by atoms with van der Waals surface area (Å²) in [6.45, 7) is 13.8. The molecule has 0 aromatic carbocycles. The number of aliphatic hydroxyl groups is 2. The van der Waals surface area contributed by atoms with E-state index in [1.165, 1.54) is 0 Å². The molecule has 1 spiro atoms. The van der Waals surface area contributed by atoms with E-state index in [0.29, 0.717) is 55.1 Å². The van der Waals surface area contributed by atoms with Crippen molar-refractivity contribution < 1.29 is 62.8 Å². The number of carbonyl (C=O) groups is 2. The van der Waals surface area contributed by atoms with Crippen molar-refractivity contribution >= 4 is 11.9 Å². The Hall–Kier alpha value is -2.46. The molecule has 3 unspecified atom stereocenters. The standard InChI is InChI=1S/C43H64O13/c1-9-23(2)38-26(5)15-16-42(56-38)20-31-18-30(55-42)14-13-25(4)37(54-35-19-33(49-8)39(28(7)52-35)50-22-34(44)45)24(3)11-10-12-29-21-51-40-36(46)27(6)17-32(41(47)53-31)43(29,40)48/h10-13,17,23-24,26,28,30-33,35-40,46,48H,9,14-16,18-22H2,1-8H3,(H,44,45)/b11-10+,25-13+,29-12+/t23?,24-,26-,28-,30+,31-,32?,33-,35-,36+,37-,38+,39-,40+,42+,43?/m0/s1. The topological polar surface area (TPSA) is 169 Å². The fraction of sp³-hybridized carbons (Fsp3) is 0.767. The van der Waals surface area contributed by atoms with Crippen LogP contribution in [0.1, 0.15) is 93.4 Å². The molecule has 4 fully saturated rings. The van der Waals surface area contributed by atoms with Gasteiger partial charge in [0.05, 0.1) is 37.1 Å². The molecule has 0 aromatic heterocycles. The van der Waals surface area contributed by atoms with Crippen LogP contribution in [0, 0.1) is 23.7 Å². The first-order valence-corrected chi connectivity index (χ1v) is 20.6. The Balaban J connectivity index is 1.35. The van der Waals surface area contributed by atoms with Crippen LogP contribution in [0.2, 0.25) is 0 Å². The third-order valence-corrected chi connectivity index (χ3v) is 13.1. The number of aliphatic carboxylic acids is 1. The zero-order chi connectivity index (χ0) is 40.5. The van der Waals surface area contributed by atoms with Crippen molar-refractivity contribution in [1.29, 1.82) is 0 Å². The van der Waals surface area contributed by atoms with Crippen LogP contribution in [0.5, 0.6) is 0 Å². The van der Waals surface area contributed by atoms with Gasteiger partial charge in [0.15, 0.2) is 12.1 Å². The minimum atomic E-state index is -1.83. The van der Waals surface area contributed by atoms with E-state index in [4.69, 9.17) is 37.9 Å². The van der Waals surface area contributed by atoms with E-state index in [1.807, 2.05) is 32.9 Å². The van der Waals surface area contributed by atoms with Gasteiger partial charge in [0.2, 0.25) is 0 Å². The van der Waals surface area contributed by atoms with Crippen LogP contribution in [0.4, 0.5) is 0 Å². The number of hydrogen-bond donors (Lipinski definition) is 3. The summed E-state index contributed by atoms with van der Waals surface area (Å²) in [5.41, 5.74) is 0.129. The summed E-state index contributed by atoms with van der Waals surface area (Å²) in [6.07, 6.45) is 7.78. The molecule has 3 N–H and O–H groups in total. The smallest absolute Gasteiger partial charge is 0.329 e. The maximum absolute atomic E-state index is 14.3. The van der Waals surface area contributed by atoms with Gasteiger partial charge in [0, 0.05) is 38.7 Å². The predicted octanol–water partition coefficient (Wildman–Crippen LogP) is 5.18. The Morgan fingerprint density at radius 2 is 1.88 bits per heavy atom. The number of carboxylic acids is 1. The van der Waals surface area contributed by atoms with E-state index >= 15 is 0 Å². The molecule has 13 heteroatoms. The second-order valence-electron chi connectivity index (χ2n) is 17.1. The lowest BCUT2D eigenvalue weighted by atomic mass is 9.71. The van der Waals surface area contributed by atoms with Crippen molar-refractivity contribution in [3.05, 3.63) is 47.1 Å². The summed E-state index contributed by atoms with van der Waals surface area (Å²) >= 11 is 0. The molecule has 6 aliphatic rings. The van der Waals surface area contributed by atoms with Crippen molar-refractivity contribution in [2.24, 2.45) is 23.7 Å². The average Bonchev–Trinajstić information content (AvgIpc) is 3.50. The minimum absolute atomic E-state index is 0.0115. The van der Waals surface area contributed by atoms with Gasteiger partial charge >= 0.3 is 11.9 Å². The Labute approximate surface area is 331 Å². The fourth-order valence-electron chi connectivity index (χ4n) is 9.66. The highest BCUT2D eigenvalue weighted by atomic mass is 16.7. The van der Waals surface area contributed by atoms with Crippen LogP contribution in [0.15, 0.2) is 47.1 Å². The first-order valence-electron chi connectivity index (χ1n) is 20.6. The number of methoxy groups -OCH3 is 1. The molecule has 2 bridgehead atoms. The van der Waals surface area contributed by atoms with Gasteiger partial charge in [0.25, 0.3) is 0 Å². The van der Waals surface area contributed by atoms with Crippen LogP contribution >= 0.6 is 0 Å². The lowest BCUT2D eigenvalue weighted by molar-refractivity contribution is -0.340. The van der Waals surface area contributed by atoms with Gasteiger partial charge in [-0.2, -0.15) is 0 Å². The zero-order valence-electron chi connectivity index (χ0n) is 34.3. The van der Waals surface area contributed by atoms with Gasteiger partial charge in [-0.1, -0.05) is 64.5 Å². The van der Waals surface area contributed by atoms with Crippen molar-refractivity contribution in [2.75, 3.05) is 20.3 Å². The second kappa shape index (κ2) is 17.8. The lowest BCUT2D eigenvalue weighted by Gasteiger charge is -2.51. The van der Waals surface area contributed by atoms with E-state index in [2.05, 4.69) is 26.8 Å². The predicted molar refractivity (Wildman–Crippen MR) is 204 cm³/mol. The number of fused-ring (bicyclic) bond motifs is 2. The quantitative estimate of drug-likeness (QED) is 0.218. The molecular formula is C43H64O13. The van der Waals surface area contributed by atoms with Crippen LogP contribution < -0.4 is 0 Å². The molecule has 4 saturated heterocycles. The number of allylic oxidation sites excluding steroid dienone is 2. The summed E-state index contributed by atoms with van der Waals surface area (Å²) in [7, 11) is 1.56. The Morgan fingerprint density at radius 1 is 1.11 bits per heavy atom. The summed E-state index contributed by atoms with van der Waals surface area (Å²) in [5.74, 6) is -3.21. The number of rotatable bonds is 8. The second-order valence-corrected chi connectivity index (χ2v) is 17.1. The molecule has 1 aliphatic carbocycles. The Bertz CT molecular complexity index is 1530. The van der Waals surface area contributed by atoms with Crippen molar-refractivity contribution in [3.8, 4) is 0 Å². The highest BCUT2D eigenvalue weighted by Crippen LogP contribution is 2.48. The van der Waals surface area contributed by atoms with Crippen LogP contribution in [-0.4, -0.2) is 120 Å². The van der Waals surface area contributed by atoms with Gasteiger partial charge < -0.3 is 53.2 Å². The van der Waals surface area contributed by atoms with E-state index in [9.17, 15) is 24.9 Å². The molecule has 5 aliphatic heterocycles. The molecule has 0 amide bonds. The summed E-state index contributed by atoms with van der Waals surface area (Å²) in [4.78, 5) is 25.5. The number of aliphatic hydroxyl groups excluding tert-OH is 1. The molecule has 56 heavy (non-hydrogen) atoms. The summed E-state index contributed by atoms with van der Waals surface area (Å²) in [5, 5.41) is 32.8. The van der Waals surface area contributed by atoms with E-state index < -0.39 is 84.9 Å². The normalized spacial score (nSPS) is 46.4. The monoisotopic (exact) mass is 788 g/mol. The average molecular weight is 789 g/mol. The zero-order valence-corrected chi connectivity index (χ0v) is 34.3. The molecule has 0 saturated carbocycles. The highest BCUT2D eigenvalue weighted by molar-refractivity contribution is 5.78. The van der Waals surface area contributed by atoms with Gasteiger partial charge in [-0.15, -0.1) is 0 Å². The maximum atomic E-state index is 14.3. The first-order chi connectivity index (χ1) is 26.6. The molecule has 0 aromatic rings. The number of carbonyl (C=O) groups excluding carboxylic acids is 1. The Kier molecular flexibility index (Phi) is 13.7. The number of carboxylic acid groups (broad SMARTS) is 1. The van der Waals surface area contributed by atoms with Gasteiger partial charge in [-0.05, 0) is 62.2 Å². The lowest BCUT2D eigenvalue weighted by Crippen LogP contribution is -2.58. The molecule has 6 rings (SSSR count). The SMILES string of the molecule is CCC(C)[C@H]1O[C@]2(CC[C@@H]1C)C[C@@H]1C[C@@H](C/C=C(\C)[C@@H](O[C@H]3C[C@H](OC)[C@@H](OCC(=O)O)[C@H](C)O3)[C@@H](C)/C=C/C=C3\CO[C@@H]4[C@H](O)C(C)=CC(C(=O)O1)C34O)O2. The molecule has 13 nitrogen and oxygen atoms in total. The van der Waals surface area contributed by atoms with E-state index in [0.717, 1.165) is 18.4 Å². The molecule has 0 radical (unpaired) electrons. The maximum Gasteiger partial charge on any atom is 0.329 e.